The molecule has 0 fully saturated rings. The fraction of sp³-hybridized carbons (Fsp3) is 0.263. The van der Waals surface area contributed by atoms with Crippen molar-refractivity contribution in [1.82, 2.24) is 10.9 Å². The van der Waals surface area contributed by atoms with E-state index in [9.17, 15) is 19.7 Å². The van der Waals surface area contributed by atoms with Crippen molar-refractivity contribution in [3.8, 4) is 17.2 Å². The monoisotopic (exact) mass is 403 g/mol. The minimum absolute atomic E-state index is 0.156. The van der Waals surface area contributed by atoms with Crippen LogP contribution in [0.1, 0.15) is 13.8 Å². The zero-order valence-corrected chi connectivity index (χ0v) is 15.9. The van der Waals surface area contributed by atoms with E-state index in [1.165, 1.54) is 31.2 Å². The molecule has 154 valence electrons. The lowest BCUT2D eigenvalue weighted by Gasteiger charge is -2.15. The van der Waals surface area contributed by atoms with Crippen LogP contribution in [0.15, 0.2) is 48.5 Å². The van der Waals surface area contributed by atoms with Crippen molar-refractivity contribution in [3.63, 3.8) is 0 Å². The van der Waals surface area contributed by atoms with Gasteiger partial charge < -0.3 is 14.2 Å². The number of non-ortho nitro benzene ring substituents is 1. The predicted molar refractivity (Wildman–Crippen MR) is 103 cm³/mol. The summed E-state index contributed by atoms with van der Waals surface area (Å²) in [5, 5.41) is 10.7. The number of nitro benzene ring substituents is 1. The van der Waals surface area contributed by atoms with Crippen molar-refractivity contribution in [2.45, 2.75) is 20.0 Å². The molecule has 0 saturated heterocycles. The second-order valence-corrected chi connectivity index (χ2v) is 5.75. The molecule has 10 heteroatoms. The number of benzene rings is 2. The van der Waals surface area contributed by atoms with Crippen LogP contribution in [-0.4, -0.2) is 36.1 Å². The van der Waals surface area contributed by atoms with Crippen molar-refractivity contribution in [2.24, 2.45) is 0 Å². The average molecular weight is 403 g/mol. The Labute approximate surface area is 166 Å². The van der Waals surface area contributed by atoms with Crippen LogP contribution >= 0.6 is 0 Å². The van der Waals surface area contributed by atoms with E-state index in [1.54, 1.807) is 24.3 Å². The topological polar surface area (TPSA) is 129 Å². The number of hydrogen-bond donors (Lipinski definition) is 2. The first-order valence-corrected chi connectivity index (χ1v) is 8.74. The van der Waals surface area contributed by atoms with Crippen molar-refractivity contribution in [2.75, 3.05) is 13.2 Å². The van der Waals surface area contributed by atoms with Crippen LogP contribution in [0.25, 0.3) is 0 Å². The largest absolute Gasteiger partial charge is 0.494 e. The number of nitrogens with one attached hydrogen (secondary N) is 2. The van der Waals surface area contributed by atoms with Crippen molar-refractivity contribution >= 4 is 17.5 Å². The number of hydrazine groups is 1. The summed E-state index contributed by atoms with van der Waals surface area (Å²) in [6, 6.07) is 12.2. The second kappa shape index (κ2) is 10.5. The third-order valence-corrected chi connectivity index (χ3v) is 3.54. The van der Waals surface area contributed by atoms with Gasteiger partial charge in [0.2, 0.25) is 0 Å². The molecule has 0 aliphatic carbocycles. The molecule has 0 aliphatic rings. The summed E-state index contributed by atoms with van der Waals surface area (Å²) >= 11 is 0. The van der Waals surface area contributed by atoms with Crippen LogP contribution in [-0.2, 0) is 9.59 Å². The third kappa shape index (κ3) is 7.01. The van der Waals surface area contributed by atoms with E-state index >= 15 is 0 Å². The zero-order chi connectivity index (χ0) is 21.2. The number of carbonyl (C=O) groups is 2. The van der Waals surface area contributed by atoms with Crippen LogP contribution < -0.4 is 25.1 Å². The number of carbonyl (C=O) groups excluding carboxylic acids is 2. The highest BCUT2D eigenvalue weighted by molar-refractivity contribution is 5.85. The van der Waals surface area contributed by atoms with E-state index in [1.807, 2.05) is 6.92 Å². The maximum Gasteiger partial charge on any atom is 0.279 e. The summed E-state index contributed by atoms with van der Waals surface area (Å²) in [5.41, 5.74) is 4.25. The Morgan fingerprint density at radius 3 is 2.38 bits per heavy atom. The highest BCUT2D eigenvalue weighted by atomic mass is 16.6. The van der Waals surface area contributed by atoms with Gasteiger partial charge in [0, 0.05) is 6.07 Å². The molecule has 1 atom stereocenters. The summed E-state index contributed by atoms with van der Waals surface area (Å²) in [6.07, 6.45) is -0.870. The molecule has 1 unspecified atom stereocenters. The predicted octanol–water partition coefficient (Wildman–Crippen LogP) is 1.99. The lowest BCUT2D eigenvalue weighted by molar-refractivity contribution is -0.384. The van der Waals surface area contributed by atoms with Crippen LogP contribution in [0.3, 0.4) is 0 Å². The highest BCUT2D eigenvalue weighted by Gasteiger charge is 2.16. The van der Waals surface area contributed by atoms with Crippen molar-refractivity contribution in [1.29, 1.82) is 0 Å². The van der Waals surface area contributed by atoms with E-state index in [4.69, 9.17) is 14.2 Å². The Hall–Kier alpha value is -3.82. The van der Waals surface area contributed by atoms with Gasteiger partial charge in [-0.25, -0.2) is 0 Å². The SMILES string of the molecule is CCOc1ccc(OC(C)C(=O)NNC(=O)COc2cccc([N+](=O)[O-])c2)cc1. The van der Waals surface area contributed by atoms with E-state index in [2.05, 4.69) is 10.9 Å². The molecule has 29 heavy (non-hydrogen) atoms. The lowest BCUT2D eigenvalue weighted by Crippen LogP contribution is -2.48. The summed E-state index contributed by atoms with van der Waals surface area (Å²) in [6.45, 7) is 3.51. The van der Waals surface area contributed by atoms with Gasteiger partial charge in [-0.05, 0) is 44.2 Å². The Bertz CT molecular complexity index is 855. The van der Waals surface area contributed by atoms with Crippen LogP contribution in [0.5, 0.6) is 17.2 Å². The fourth-order valence-corrected chi connectivity index (χ4v) is 2.14. The molecule has 2 rings (SSSR count). The lowest BCUT2D eigenvalue weighted by atomic mass is 10.3. The zero-order valence-electron chi connectivity index (χ0n) is 15.9. The Morgan fingerprint density at radius 1 is 1.03 bits per heavy atom. The van der Waals surface area contributed by atoms with E-state index in [0.717, 1.165) is 0 Å². The standard InChI is InChI=1S/C19H21N3O7/c1-3-27-15-7-9-16(10-8-15)29-13(2)19(24)21-20-18(23)12-28-17-6-4-5-14(11-17)22(25)26/h4-11,13H,3,12H2,1-2H3,(H,20,23)(H,21,24). The van der Waals surface area contributed by atoms with Gasteiger partial charge in [0.05, 0.1) is 17.6 Å². The molecule has 2 aromatic rings. The maximum atomic E-state index is 12.0. The molecule has 2 N–H and O–H groups in total. The first kappa shape index (κ1) is 21.5. The van der Waals surface area contributed by atoms with Gasteiger partial charge >= 0.3 is 0 Å². The van der Waals surface area contributed by atoms with Crippen LogP contribution in [0.4, 0.5) is 5.69 Å². The molecule has 0 aliphatic heterocycles. The van der Waals surface area contributed by atoms with Gasteiger partial charge in [-0.2, -0.15) is 0 Å². The number of nitro groups is 1. The summed E-state index contributed by atoms with van der Waals surface area (Å²) in [4.78, 5) is 33.9. The molecule has 0 bridgehead atoms. The number of nitrogens with zero attached hydrogens (tertiary/aromatic N) is 1. The molecule has 0 saturated carbocycles. The molecule has 10 nitrogen and oxygen atoms in total. The quantitative estimate of drug-likeness (QED) is 0.484. The Kier molecular flexibility index (Phi) is 7.78. The van der Waals surface area contributed by atoms with E-state index in [-0.39, 0.29) is 11.4 Å². The number of ether oxygens (including phenoxy) is 3. The van der Waals surface area contributed by atoms with Crippen LogP contribution in [0.2, 0.25) is 0 Å². The van der Waals surface area contributed by atoms with Gasteiger partial charge in [0.15, 0.2) is 12.7 Å². The summed E-state index contributed by atoms with van der Waals surface area (Å²) in [7, 11) is 0. The Balaban J connectivity index is 1.75. The van der Waals surface area contributed by atoms with Gasteiger partial charge in [0.1, 0.15) is 17.2 Å². The van der Waals surface area contributed by atoms with Gasteiger partial charge in [-0.1, -0.05) is 6.07 Å². The third-order valence-electron chi connectivity index (χ3n) is 3.54. The minimum Gasteiger partial charge on any atom is -0.494 e. The number of hydrogen-bond acceptors (Lipinski definition) is 7. The summed E-state index contributed by atoms with van der Waals surface area (Å²) in [5.74, 6) is 0.109. The first-order valence-electron chi connectivity index (χ1n) is 8.74. The van der Waals surface area contributed by atoms with E-state index in [0.29, 0.717) is 18.1 Å². The molecule has 0 heterocycles. The van der Waals surface area contributed by atoms with Crippen molar-refractivity contribution < 1.29 is 28.7 Å². The molecule has 0 aromatic heterocycles. The van der Waals surface area contributed by atoms with Gasteiger partial charge in [0.25, 0.3) is 17.5 Å². The van der Waals surface area contributed by atoms with Gasteiger partial charge in [-0.3, -0.25) is 30.6 Å². The minimum atomic E-state index is -0.870. The molecule has 0 spiro atoms. The second-order valence-electron chi connectivity index (χ2n) is 5.75. The molecule has 2 amide bonds. The molecular weight excluding hydrogens is 382 g/mol. The normalized spacial score (nSPS) is 11.1. The highest BCUT2D eigenvalue weighted by Crippen LogP contribution is 2.19. The maximum absolute atomic E-state index is 12.0. The van der Waals surface area contributed by atoms with E-state index < -0.39 is 29.4 Å². The summed E-state index contributed by atoms with van der Waals surface area (Å²) < 4.78 is 16.0. The smallest absolute Gasteiger partial charge is 0.279 e. The fourth-order valence-electron chi connectivity index (χ4n) is 2.14. The van der Waals surface area contributed by atoms with Crippen molar-refractivity contribution in [3.05, 3.63) is 58.6 Å². The molecular formula is C19H21N3O7. The Morgan fingerprint density at radius 2 is 1.72 bits per heavy atom. The molecule has 0 radical (unpaired) electrons. The molecule has 2 aromatic carbocycles. The number of amides is 2. The average Bonchev–Trinajstić information content (AvgIpc) is 2.72. The van der Waals surface area contributed by atoms with Crippen LogP contribution in [0, 0.1) is 10.1 Å². The first-order chi connectivity index (χ1) is 13.9. The van der Waals surface area contributed by atoms with Gasteiger partial charge in [-0.15, -0.1) is 0 Å². The number of rotatable bonds is 9.